The molecule has 2 rings (SSSR count). The van der Waals surface area contributed by atoms with Gasteiger partial charge in [-0.3, -0.25) is 4.79 Å². The molecule has 0 unspecified atom stereocenters. The molecule has 0 spiro atoms. The Morgan fingerprint density at radius 3 is 2.82 bits per heavy atom. The molecule has 0 bridgehead atoms. The highest BCUT2D eigenvalue weighted by Crippen LogP contribution is 2.15. The molecule has 0 aliphatic heterocycles. The van der Waals surface area contributed by atoms with Crippen molar-refractivity contribution in [2.24, 2.45) is 0 Å². The second-order valence-electron chi connectivity index (χ2n) is 3.92. The number of aromatic nitrogens is 1. The van der Waals surface area contributed by atoms with Crippen molar-refractivity contribution in [3.05, 3.63) is 46.2 Å². The van der Waals surface area contributed by atoms with Gasteiger partial charge >= 0.3 is 0 Å². The standard InChI is InChI=1S/C12H12N2O3/c13-9(12(16)17)5-7-6-11(15)14-10-4-2-1-3-8(7)10/h1-4,6,9H,5,13H2,(H,14,15)(H,16,17)/t9-/m1/s1. The van der Waals surface area contributed by atoms with Crippen LogP contribution in [0.5, 0.6) is 0 Å². The SMILES string of the molecule is [NH3+][C@H](Cc1cc(=O)[nH]c2ccccc12)C(=O)[O-]. The van der Waals surface area contributed by atoms with Crippen LogP contribution in [0.15, 0.2) is 35.1 Å². The third-order valence-electron chi connectivity index (χ3n) is 2.64. The van der Waals surface area contributed by atoms with Gasteiger partial charge in [0, 0.05) is 23.4 Å². The number of quaternary nitrogens is 1. The van der Waals surface area contributed by atoms with E-state index in [0.717, 1.165) is 5.39 Å². The van der Waals surface area contributed by atoms with Gasteiger partial charge in [0.1, 0.15) is 6.04 Å². The van der Waals surface area contributed by atoms with Crippen LogP contribution in [-0.4, -0.2) is 17.0 Å². The molecular formula is C12H12N2O3. The quantitative estimate of drug-likeness (QED) is 0.668. The molecule has 1 atom stereocenters. The van der Waals surface area contributed by atoms with Crippen molar-refractivity contribution in [2.45, 2.75) is 12.5 Å². The molecule has 0 radical (unpaired) electrons. The molecular weight excluding hydrogens is 220 g/mol. The van der Waals surface area contributed by atoms with Gasteiger partial charge in [0.05, 0.1) is 5.97 Å². The largest absolute Gasteiger partial charge is 0.544 e. The number of fused-ring (bicyclic) bond motifs is 1. The number of rotatable bonds is 3. The van der Waals surface area contributed by atoms with Gasteiger partial charge in [-0.25, -0.2) is 0 Å². The lowest BCUT2D eigenvalue weighted by Crippen LogP contribution is -2.69. The third-order valence-corrected chi connectivity index (χ3v) is 2.64. The fourth-order valence-electron chi connectivity index (χ4n) is 1.79. The van der Waals surface area contributed by atoms with E-state index in [2.05, 4.69) is 10.7 Å². The van der Waals surface area contributed by atoms with Crippen LogP contribution in [0.3, 0.4) is 0 Å². The normalized spacial score (nSPS) is 12.5. The van der Waals surface area contributed by atoms with E-state index in [9.17, 15) is 14.7 Å². The average molecular weight is 232 g/mol. The summed E-state index contributed by atoms with van der Waals surface area (Å²) in [6.45, 7) is 0. The zero-order valence-electron chi connectivity index (χ0n) is 9.10. The highest BCUT2D eigenvalue weighted by molar-refractivity contribution is 5.82. The second kappa shape index (κ2) is 4.39. The number of pyridine rings is 1. The van der Waals surface area contributed by atoms with E-state index in [4.69, 9.17) is 0 Å². The summed E-state index contributed by atoms with van der Waals surface area (Å²) in [4.78, 5) is 24.8. The number of para-hydroxylation sites is 1. The minimum absolute atomic E-state index is 0.187. The number of hydrogen-bond donors (Lipinski definition) is 2. The summed E-state index contributed by atoms with van der Waals surface area (Å²) >= 11 is 0. The number of benzene rings is 1. The minimum atomic E-state index is -1.21. The van der Waals surface area contributed by atoms with Crippen LogP contribution in [0.25, 0.3) is 10.9 Å². The Hall–Kier alpha value is -2.14. The Labute approximate surface area is 96.9 Å². The molecule has 0 amide bonds. The van der Waals surface area contributed by atoms with Gasteiger partial charge in [-0.1, -0.05) is 18.2 Å². The van der Waals surface area contributed by atoms with Gasteiger partial charge in [0.2, 0.25) is 5.56 Å². The van der Waals surface area contributed by atoms with Crippen molar-refractivity contribution in [1.82, 2.24) is 4.98 Å². The fourth-order valence-corrected chi connectivity index (χ4v) is 1.79. The first-order valence-electron chi connectivity index (χ1n) is 5.23. The molecule has 5 nitrogen and oxygen atoms in total. The second-order valence-corrected chi connectivity index (χ2v) is 3.92. The Morgan fingerprint density at radius 2 is 2.12 bits per heavy atom. The van der Waals surface area contributed by atoms with Crippen LogP contribution in [0, 0.1) is 0 Å². The van der Waals surface area contributed by atoms with E-state index in [1.165, 1.54) is 6.07 Å². The first-order valence-corrected chi connectivity index (χ1v) is 5.23. The van der Waals surface area contributed by atoms with Gasteiger partial charge in [-0.2, -0.15) is 0 Å². The molecule has 1 heterocycles. The van der Waals surface area contributed by atoms with Crippen molar-refractivity contribution < 1.29 is 15.6 Å². The first kappa shape index (κ1) is 11.3. The Morgan fingerprint density at radius 1 is 1.41 bits per heavy atom. The molecule has 4 N–H and O–H groups in total. The highest BCUT2D eigenvalue weighted by Gasteiger charge is 2.11. The number of aliphatic carboxylic acids is 1. The summed E-state index contributed by atoms with van der Waals surface area (Å²) in [7, 11) is 0. The van der Waals surface area contributed by atoms with Crippen LogP contribution in [0.2, 0.25) is 0 Å². The summed E-state index contributed by atoms with van der Waals surface area (Å²) in [5.41, 5.74) is 4.62. The Balaban J connectivity index is 2.52. The van der Waals surface area contributed by atoms with Crippen LogP contribution in [0.1, 0.15) is 5.56 Å². The van der Waals surface area contributed by atoms with Crippen molar-refractivity contribution >= 4 is 16.9 Å². The summed E-state index contributed by atoms with van der Waals surface area (Å²) in [6, 6.07) is 7.80. The van der Waals surface area contributed by atoms with E-state index in [1.807, 2.05) is 18.2 Å². The topological polar surface area (TPSA) is 101 Å². The average Bonchev–Trinajstić information content (AvgIpc) is 2.28. The Kier molecular flexibility index (Phi) is 2.93. The van der Waals surface area contributed by atoms with Crippen LogP contribution >= 0.6 is 0 Å². The lowest BCUT2D eigenvalue weighted by atomic mass is 10.0. The lowest BCUT2D eigenvalue weighted by molar-refractivity contribution is -0.436. The number of carboxylic acid groups (broad SMARTS) is 1. The summed E-state index contributed by atoms with van der Waals surface area (Å²) in [5, 5.41) is 11.5. The summed E-state index contributed by atoms with van der Waals surface area (Å²) in [5.74, 6) is -1.21. The zero-order valence-corrected chi connectivity index (χ0v) is 9.10. The monoisotopic (exact) mass is 232 g/mol. The molecule has 0 aliphatic rings. The predicted octanol–water partition coefficient (Wildman–Crippen LogP) is -1.57. The molecule has 5 heteroatoms. The maximum atomic E-state index is 11.4. The smallest absolute Gasteiger partial charge is 0.248 e. The Bertz CT molecular complexity index is 618. The van der Waals surface area contributed by atoms with Crippen molar-refractivity contribution in [2.75, 3.05) is 0 Å². The molecule has 1 aromatic heterocycles. The summed E-state index contributed by atoms with van der Waals surface area (Å²) < 4.78 is 0. The first-order chi connectivity index (χ1) is 8.08. The predicted molar refractivity (Wildman–Crippen MR) is 60.0 cm³/mol. The fraction of sp³-hybridized carbons (Fsp3) is 0.167. The van der Waals surface area contributed by atoms with E-state index in [-0.39, 0.29) is 12.0 Å². The number of aromatic amines is 1. The number of carboxylic acids is 1. The third kappa shape index (κ3) is 2.34. The summed E-state index contributed by atoms with van der Waals surface area (Å²) in [6.07, 6.45) is 0.187. The number of nitrogens with one attached hydrogen (secondary N) is 1. The van der Waals surface area contributed by atoms with Gasteiger partial charge in [0.15, 0.2) is 0 Å². The van der Waals surface area contributed by atoms with Gasteiger partial charge in [0.25, 0.3) is 0 Å². The number of H-pyrrole nitrogens is 1. The van der Waals surface area contributed by atoms with Crippen LogP contribution < -0.4 is 16.4 Å². The van der Waals surface area contributed by atoms with E-state index < -0.39 is 12.0 Å². The molecule has 0 aliphatic carbocycles. The minimum Gasteiger partial charge on any atom is -0.544 e. The molecule has 0 saturated carbocycles. The van der Waals surface area contributed by atoms with Gasteiger partial charge in [-0.15, -0.1) is 0 Å². The van der Waals surface area contributed by atoms with Gasteiger partial charge < -0.3 is 20.6 Å². The molecule has 0 saturated heterocycles. The van der Waals surface area contributed by atoms with Crippen LogP contribution in [0.4, 0.5) is 0 Å². The maximum Gasteiger partial charge on any atom is 0.248 e. The van der Waals surface area contributed by atoms with E-state index >= 15 is 0 Å². The van der Waals surface area contributed by atoms with Gasteiger partial charge in [-0.05, 0) is 11.6 Å². The molecule has 17 heavy (non-hydrogen) atoms. The van der Waals surface area contributed by atoms with Crippen molar-refractivity contribution in [3.63, 3.8) is 0 Å². The van der Waals surface area contributed by atoms with E-state index in [0.29, 0.717) is 11.1 Å². The number of carbonyl (C=O) groups is 1. The molecule has 0 fully saturated rings. The van der Waals surface area contributed by atoms with Crippen molar-refractivity contribution in [1.29, 1.82) is 0 Å². The highest BCUT2D eigenvalue weighted by atomic mass is 16.4. The number of hydrogen-bond acceptors (Lipinski definition) is 3. The molecule has 88 valence electrons. The van der Waals surface area contributed by atoms with E-state index in [1.54, 1.807) is 6.07 Å². The van der Waals surface area contributed by atoms with Crippen LogP contribution in [-0.2, 0) is 11.2 Å². The lowest BCUT2D eigenvalue weighted by Gasteiger charge is -2.11. The maximum absolute atomic E-state index is 11.4. The zero-order chi connectivity index (χ0) is 12.4. The number of carbonyl (C=O) groups excluding carboxylic acids is 1. The molecule has 2 aromatic rings. The molecule has 1 aromatic carbocycles. The van der Waals surface area contributed by atoms with Crippen molar-refractivity contribution in [3.8, 4) is 0 Å².